The largest absolute Gasteiger partial charge is 0.494 e. The molecule has 5 heteroatoms. The first-order chi connectivity index (χ1) is 11.6. The fraction of sp³-hybridized carbons (Fsp3) is 0.211. The number of carbonyl (C=O) groups excluding carboxylic acids is 1. The van der Waals surface area contributed by atoms with Crippen molar-refractivity contribution >= 4 is 16.8 Å². The molecule has 124 valence electrons. The van der Waals surface area contributed by atoms with Crippen LogP contribution in [0.25, 0.3) is 10.9 Å². The summed E-state index contributed by atoms with van der Waals surface area (Å²) in [4.78, 5) is 17.2. The lowest BCUT2D eigenvalue weighted by atomic mass is 10.2. The van der Waals surface area contributed by atoms with Crippen LogP contribution in [0.15, 0.2) is 54.6 Å². The van der Waals surface area contributed by atoms with Crippen LogP contribution in [-0.2, 0) is 0 Å². The number of aromatic amines is 1. The van der Waals surface area contributed by atoms with Crippen LogP contribution in [0, 0.1) is 5.82 Å². The van der Waals surface area contributed by atoms with Gasteiger partial charge in [0.15, 0.2) is 0 Å². The maximum atomic E-state index is 12.8. The molecule has 0 aliphatic heterocycles. The van der Waals surface area contributed by atoms with Crippen LogP contribution >= 0.6 is 0 Å². The minimum absolute atomic E-state index is 0.0482. The van der Waals surface area contributed by atoms with E-state index in [2.05, 4.69) is 4.98 Å². The van der Waals surface area contributed by atoms with Crippen LogP contribution in [0.4, 0.5) is 4.39 Å². The minimum Gasteiger partial charge on any atom is -0.494 e. The van der Waals surface area contributed by atoms with E-state index in [1.165, 1.54) is 12.1 Å². The van der Waals surface area contributed by atoms with E-state index in [0.29, 0.717) is 31.0 Å². The van der Waals surface area contributed by atoms with Gasteiger partial charge in [-0.2, -0.15) is 0 Å². The molecule has 0 saturated heterocycles. The summed E-state index contributed by atoms with van der Waals surface area (Å²) in [6.45, 7) is 1.05. The van der Waals surface area contributed by atoms with Gasteiger partial charge in [0.05, 0.1) is 6.61 Å². The van der Waals surface area contributed by atoms with Crippen molar-refractivity contribution in [2.75, 3.05) is 20.2 Å². The van der Waals surface area contributed by atoms with E-state index in [1.807, 2.05) is 30.3 Å². The van der Waals surface area contributed by atoms with Crippen molar-refractivity contribution in [1.82, 2.24) is 9.88 Å². The van der Waals surface area contributed by atoms with E-state index in [1.54, 1.807) is 24.1 Å². The summed E-state index contributed by atoms with van der Waals surface area (Å²) in [6.07, 6.45) is 0.694. The molecule has 0 aliphatic carbocycles. The smallest absolute Gasteiger partial charge is 0.270 e. The minimum atomic E-state index is -0.286. The molecule has 4 nitrogen and oxygen atoms in total. The number of carbonyl (C=O) groups is 1. The number of aromatic nitrogens is 1. The summed E-state index contributed by atoms with van der Waals surface area (Å²) in [7, 11) is 1.77. The van der Waals surface area contributed by atoms with Gasteiger partial charge in [0.1, 0.15) is 17.3 Å². The molecule has 0 aliphatic rings. The normalized spacial score (nSPS) is 10.8. The number of H-pyrrole nitrogens is 1. The molecule has 1 amide bonds. The Balaban J connectivity index is 1.50. The van der Waals surface area contributed by atoms with Crippen molar-refractivity contribution in [2.45, 2.75) is 6.42 Å². The Labute approximate surface area is 139 Å². The summed E-state index contributed by atoms with van der Waals surface area (Å²) in [5, 5.41) is 1.02. The van der Waals surface area contributed by atoms with Gasteiger partial charge >= 0.3 is 0 Å². The first-order valence-corrected chi connectivity index (χ1v) is 7.85. The molecule has 1 aromatic heterocycles. The van der Waals surface area contributed by atoms with E-state index >= 15 is 0 Å². The van der Waals surface area contributed by atoms with Gasteiger partial charge in [-0.1, -0.05) is 18.2 Å². The Hall–Kier alpha value is -2.82. The topological polar surface area (TPSA) is 45.3 Å². The lowest BCUT2D eigenvalue weighted by Crippen LogP contribution is -2.28. The average Bonchev–Trinajstić information content (AvgIpc) is 3.03. The zero-order chi connectivity index (χ0) is 16.9. The van der Waals surface area contributed by atoms with Gasteiger partial charge < -0.3 is 14.6 Å². The van der Waals surface area contributed by atoms with Gasteiger partial charge in [-0.25, -0.2) is 4.39 Å². The molecule has 3 aromatic rings. The van der Waals surface area contributed by atoms with E-state index in [-0.39, 0.29) is 11.7 Å². The number of halogens is 1. The number of fused-ring (bicyclic) bond motifs is 1. The number of nitrogens with zero attached hydrogens (tertiary/aromatic N) is 1. The lowest BCUT2D eigenvalue weighted by Gasteiger charge is -2.16. The standard InChI is InChI=1S/C19H19FN2O2/c1-22(11-4-12-24-16-9-7-15(20)8-10-16)19(23)18-13-14-5-2-3-6-17(14)21-18/h2-3,5-10,13,21H,4,11-12H2,1H3. The van der Waals surface area contributed by atoms with Crippen molar-refractivity contribution < 1.29 is 13.9 Å². The average molecular weight is 326 g/mol. The Kier molecular flexibility index (Phi) is 4.79. The highest BCUT2D eigenvalue weighted by molar-refractivity contribution is 5.97. The summed E-state index contributed by atoms with van der Waals surface area (Å²) >= 11 is 0. The van der Waals surface area contributed by atoms with Crippen LogP contribution < -0.4 is 4.74 Å². The third kappa shape index (κ3) is 3.74. The second kappa shape index (κ2) is 7.17. The maximum Gasteiger partial charge on any atom is 0.270 e. The molecule has 0 fully saturated rings. The zero-order valence-corrected chi connectivity index (χ0v) is 13.5. The van der Waals surface area contributed by atoms with Crippen molar-refractivity contribution in [1.29, 1.82) is 0 Å². The van der Waals surface area contributed by atoms with Crippen LogP contribution in [0.2, 0.25) is 0 Å². The first kappa shape index (κ1) is 16.1. The summed E-state index contributed by atoms with van der Waals surface area (Å²) in [6, 6.07) is 15.6. The SMILES string of the molecule is CN(CCCOc1ccc(F)cc1)C(=O)c1cc2ccccc2[nH]1. The number of rotatable bonds is 6. The van der Waals surface area contributed by atoms with Crippen LogP contribution in [-0.4, -0.2) is 36.0 Å². The monoisotopic (exact) mass is 326 g/mol. The molecule has 0 bridgehead atoms. The van der Waals surface area contributed by atoms with E-state index < -0.39 is 0 Å². The van der Waals surface area contributed by atoms with E-state index in [0.717, 1.165) is 10.9 Å². The Morgan fingerprint density at radius 2 is 1.92 bits per heavy atom. The van der Waals surface area contributed by atoms with Gasteiger partial charge in [0.25, 0.3) is 5.91 Å². The number of nitrogens with one attached hydrogen (secondary N) is 1. The molecule has 0 radical (unpaired) electrons. The van der Waals surface area contributed by atoms with Gasteiger partial charge in [-0.15, -0.1) is 0 Å². The van der Waals surface area contributed by atoms with Gasteiger partial charge in [0, 0.05) is 24.5 Å². The number of hydrogen-bond acceptors (Lipinski definition) is 2. The summed E-state index contributed by atoms with van der Waals surface area (Å²) < 4.78 is 18.3. The number of para-hydroxylation sites is 1. The maximum absolute atomic E-state index is 12.8. The molecular formula is C19H19FN2O2. The van der Waals surface area contributed by atoms with Gasteiger partial charge in [0.2, 0.25) is 0 Å². The lowest BCUT2D eigenvalue weighted by molar-refractivity contribution is 0.0783. The second-order valence-corrected chi connectivity index (χ2v) is 5.65. The molecule has 3 rings (SSSR count). The molecule has 0 saturated carbocycles. The number of ether oxygens (including phenoxy) is 1. The van der Waals surface area contributed by atoms with Crippen LogP contribution in [0.3, 0.4) is 0 Å². The fourth-order valence-corrected chi connectivity index (χ4v) is 2.52. The van der Waals surface area contributed by atoms with Crippen LogP contribution in [0.5, 0.6) is 5.75 Å². The Morgan fingerprint density at radius 3 is 2.67 bits per heavy atom. The molecule has 2 aromatic carbocycles. The van der Waals surface area contributed by atoms with Crippen molar-refractivity contribution in [3.05, 3.63) is 66.1 Å². The number of benzene rings is 2. The highest BCUT2D eigenvalue weighted by atomic mass is 19.1. The van der Waals surface area contributed by atoms with E-state index in [4.69, 9.17) is 4.74 Å². The van der Waals surface area contributed by atoms with Crippen molar-refractivity contribution in [2.24, 2.45) is 0 Å². The third-order valence-electron chi connectivity index (χ3n) is 3.83. The molecule has 24 heavy (non-hydrogen) atoms. The highest BCUT2D eigenvalue weighted by Gasteiger charge is 2.13. The van der Waals surface area contributed by atoms with Gasteiger partial charge in [-0.3, -0.25) is 4.79 Å². The molecule has 0 spiro atoms. The first-order valence-electron chi connectivity index (χ1n) is 7.85. The van der Waals surface area contributed by atoms with Crippen molar-refractivity contribution in [3.8, 4) is 5.75 Å². The summed E-state index contributed by atoms with van der Waals surface area (Å²) in [5.41, 5.74) is 1.53. The Bertz CT molecular complexity index is 794. The second-order valence-electron chi connectivity index (χ2n) is 5.65. The molecule has 0 atom stereocenters. The van der Waals surface area contributed by atoms with Crippen LogP contribution in [0.1, 0.15) is 16.9 Å². The fourth-order valence-electron chi connectivity index (χ4n) is 2.52. The van der Waals surface area contributed by atoms with Crippen molar-refractivity contribution in [3.63, 3.8) is 0 Å². The number of hydrogen-bond donors (Lipinski definition) is 1. The Morgan fingerprint density at radius 1 is 1.17 bits per heavy atom. The third-order valence-corrected chi connectivity index (χ3v) is 3.83. The zero-order valence-electron chi connectivity index (χ0n) is 13.5. The molecule has 1 heterocycles. The quantitative estimate of drug-likeness (QED) is 0.699. The highest BCUT2D eigenvalue weighted by Crippen LogP contribution is 2.16. The predicted molar refractivity (Wildman–Crippen MR) is 91.8 cm³/mol. The molecule has 1 N–H and O–H groups in total. The summed E-state index contributed by atoms with van der Waals surface area (Å²) in [5.74, 6) is 0.292. The van der Waals surface area contributed by atoms with Gasteiger partial charge in [-0.05, 0) is 42.8 Å². The molecule has 0 unspecified atom stereocenters. The molecular weight excluding hydrogens is 307 g/mol. The number of amides is 1. The van der Waals surface area contributed by atoms with E-state index in [9.17, 15) is 9.18 Å². The predicted octanol–water partition coefficient (Wildman–Crippen LogP) is 3.85.